The van der Waals surface area contributed by atoms with Crippen LogP contribution in [0.2, 0.25) is 0 Å². The second-order valence-corrected chi connectivity index (χ2v) is 11.1. The Kier molecular flexibility index (Phi) is 9.51. The highest BCUT2D eigenvalue weighted by Gasteiger charge is 2.50. The number of hydrogen-bond acceptors (Lipinski definition) is 18. The molecule has 11 N–H and O–H groups in total. The predicted molar refractivity (Wildman–Crippen MR) is 145 cm³/mol. The average molecular weight is 676 g/mol. The highest BCUT2D eigenvalue weighted by molar-refractivity contribution is 7.47. The van der Waals surface area contributed by atoms with Crippen molar-refractivity contribution in [3.63, 3.8) is 0 Å². The molecule has 4 aromatic heterocycles. The minimum atomic E-state index is -5.05. The van der Waals surface area contributed by atoms with Crippen LogP contribution in [0, 0.1) is 0 Å². The van der Waals surface area contributed by atoms with E-state index in [4.69, 9.17) is 39.4 Å². The number of aromatic amines is 1. The number of ether oxygens (including phenoxy) is 2. The Hall–Kier alpha value is -3.57. The molecule has 2 aliphatic heterocycles. The number of imidazole rings is 1. The van der Waals surface area contributed by atoms with Crippen LogP contribution in [0.3, 0.4) is 0 Å². The van der Waals surface area contributed by atoms with E-state index in [1.54, 1.807) is 0 Å². The van der Waals surface area contributed by atoms with Gasteiger partial charge >= 0.3 is 16.5 Å². The quantitative estimate of drug-likeness (QED) is 0.0818. The molecule has 45 heavy (non-hydrogen) atoms. The van der Waals surface area contributed by atoms with Gasteiger partial charge in [-0.25, -0.2) is 24.1 Å². The number of hydrogen-bond donors (Lipinski definition) is 9. The molecule has 25 heteroatoms. The number of anilines is 2. The van der Waals surface area contributed by atoms with Crippen LogP contribution in [0.4, 0.5) is 11.9 Å². The summed E-state index contributed by atoms with van der Waals surface area (Å²) in [5.74, 6) is -0.233. The molecule has 2 aliphatic rings. The molecule has 6 rings (SSSR count). The van der Waals surface area contributed by atoms with Gasteiger partial charge in [0.25, 0.3) is 5.56 Å². The van der Waals surface area contributed by atoms with Crippen molar-refractivity contribution >= 4 is 45.2 Å². The highest BCUT2D eigenvalue weighted by Crippen LogP contribution is 2.50. The summed E-state index contributed by atoms with van der Waals surface area (Å²) in [4.78, 5) is 47.8. The van der Waals surface area contributed by atoms with Crippen molar-refractivity contribution in [1.29, 1.82) is 0 Å². The number of phosphoric acid groups is 1. The van der Waals surface area contributed by atoms with E-state index in [0.29, 0.717) is 0 Å². The van der Waals surface area contributed by atoms with Crippen molar-refractivity contribution < 1.29 is 57.9 Å². The fourth-order valence-electron chi connectivity index (χ4n) is 4.88. The zero-order chi connectivity index (χ0) is 32.6. The lowest BCUT2D eigenvalue weighted by molar-refractivity contribution is -0.0550. The van der Waals surface area contributed by atoms with Crippen LogP contribution in [0.25, 0.3) is 16.8 Å². The summed E-state index contributed by atoms with van der Waals surface area (Å²) in [6, 6.07) is 0. The standard InChI is InChI=1S/C20H25N10O11P.HO2P/c21-19-27-16-9(17(35)28-19)25-5-29(16)18-14(11(33)7(2-31)40-18)41-42(36,37)38-3-8-10(32)12(34)13(39-8)6-1-26-30-15(6)23-4-24-20(30)22;1-3-2/h1,4-5,7-8,10-14,18,31-34H,2-3H2,(H,36,37)(H2,22,23,24)(H3,21,27,28,35);(H,1,2)/t7-,8-,10-,11-,12-,13+,14-,18-;/m1./s1. The van der Waals surface area contributed by atoms with E-state index in [2.05, 4.69) is 30.0 Å². The van der Waals surface area contributed by atoms with E-state index >= 15 is 0 Å². The van der Waals surface area contributed by atoms with E-state index in [0.717, 1.165) is 10.9 Å². The van der Waals surface area contributed by atoms with E-state index in [9.17, 15) is 34.7 Å². The summed E-state index contributed by atoms with van der Waals surface area (Å²) >= 11 is 0. The van der Waals surface area contributed by atoms with Crippen LogP contribution >= 0.6 is 16.5 Å². The number of rotatable bonds is 8. The number of nitrogens with one attached hydrogen (secondary N) is 1. The predicted octanol–water partition coefficient (Wildman–Crippen LogP) is -3.48. The summed E-state index contributed by atoms with van der Waals surface area (Å²) < 4.78 is 45.4. The van der Waals surface area contributed by atoms with Gasteiger partial charge in [0.15, 0.2) is 23.0 Å². The van der Waals surface area contributed by atoms with Gasteiger partial charge in [0.1, 0.15) is 49.1 Å². The summed E-state index contributed by atoms with van der Waals surface area (Å²) in [6.45, 7) is -1.43. The molecule has 4 aromatic rings. The van der Waals surface area contributed by atoms with Gasteiger partial charge in [-0.15, -0.1) is 0 Å². The molecule has 0 aromatic carbocycles. The Bertz CT molecular complexity index is 1790. The molecule has 0 saturated carbocycles. The van der Waals surface area contributed by atoms with Gasteiger partial charge in [-0.3, -0.25) is 23.4 Å². The fraction of sp³-hybridized carbons (Fsp3) is 0.500. The molecule has 0 radical (unpaired) electrons. The van der Waals surface area contributed by atoms with Crippen molar-refractivity contribution in [3.8, 4) is 0 Å². The summed E-state index contributed by atoms with van der Waals surface area (Å²) in [7, 11) is -5.89. The molecule has 23 nitrogen and oxygen atoms in total. The number of H-pyrrole nitrogens is 1. The third kappa shape index (κ3) is 6.29. The van der Waals surface area contributed by atoms with E-state index in [1.165, 1.54) is 17.0 Å². The lowest BCUT2D eigenvalue weighted by Gasteiger charge is -2.24. The lowest BCUT2D eigenvalue weighted by atomic mass is 10.0. The molecule has 0 spiro atoms. The Balaban J connectivity index is 0.00000128. The summed E-state index contributed by atoms with van der Waals surface area (Å²) in [6.07, 6.45) is -7.89. The number of nitrogens with two attached hydrogens (primary N) is 2. The highest BCUT2D eigenvalue weighted by atomic mass is 31.2. The van der Waals surface area contributed by atoms with Gasteiger partial charge in [-0.1, -0.05) is 0 Å². The molecule has 244 valence electrons. The third-order valence-electron chi connectivity index (χ3n) is 6.90. The van der Waals surface area contributed by atoms with Crippen molar-refractivity contribution in [1.82, 2.24) is 39.1 Å². The Labute approximate surface area is 250 Å². The van der Waals surface area contributed by atoms with Gasteiger partial charge in [0.2, 0.25) is 11.9 Å². The summed E-state index contributed by atoms with van der Waals surface area (Å²) in [5, 5.41) is 45.6. The lowest BCUT2D eigenvalue weighted by Crippen LogP contribution is -2.36. The first-order valence-corrected chi connectivity index (χ1v) is 14.9. The molecular formula is C20H26N10O13P2. The van der Waals surface area contributed by atoms with Crippen LogP contribution in [0.1, 0.15) is 17.9 Å². The Morgan fingerprint density at radius 1 is 1.09 bits per heavy atom. The fourth-order valence-corrected chi connectivity index (χ4v) is 5.81. The molecule has 2 saturated heterocycles. The van der Waals surface area contributed by atoms with Crippen LogP contribution in [0.15, 0.2) is 23.6 Å². The minimum Gasteiger partial charge on any atom is -0.394 e. The monoisotopic (exact) mass is 676 g/mol. The van der Waals surface area contributed by atoms with E-state index in [-0.39, 0.29) is 34.3 Å². The molecule has 2 fully saturated rings. The maximum atomic E-state index is 13.0. The molecule has 9 atom stereocenters. The average Bonchev–Trinajstić information content (AvgIpc) is 3.74. The largest absolute Gasteiger partial charge is 0.472 e. The number of aromatic nitrogens is 8. The van der Waals surface area contributed by atoms with E-state index in [1.807, 2.05) is 0 Å². The molecule has 0 aliphatic carbocycles. The maximum absolute atomic E-state index is 13.0. The summed E-state index contributed by atoms with van der Waals surface area (Å²) in [5.41, 5.74) is 11.0. The van der Waals surface area contributed by atoms with Gasteiger partial charge in [0, 0.05) is 5.56 Å². The van der Waals surface area contributed by atoms with Gasteiger partial charge in [-0.05, 0) is 0 Å². The SMILES string of the molecule is Nc1nc2c(ncn2[C@@H]2O[C@H](CO)[C@@H](O)[C@H]2OP(=O)(O)OC[C@H]2O[C@@H](c3cnn4c(N)ncnc34)[C@H](O)[C@@H]2O)c(=O)[nH]1.O=PO. The van der Waals surface area contributed by atoms with E-state index < -0.39 is 84.2 Å². The van der Waals surface area contributed by atoms with Crippen LogP contribution in [-0.4, -0.2) is 119 Å². The first-order chi connectivity index (χ1) is 21.4. The normalized spacial score (nSPS) is 29.6. The maximum Gasteiger partial charge on any atom is 0.472 e. The van der Waals surface area contributed by atoms with Crippen LogP contribution in [-0.2, 0) is 27.7 Å². The number of nitrogens with zero attached hydrogens (tertiary/aromatic N) is 7. The molecular weight excluding hydrogens is 650 g/mol. The van der Waals surface area contributed by atoms with Crippen molar-refractivity contribution in [2.45, 2.75) is 49.0 Å². The molecule has 0 bridgehead atoms. The molecule has 0 amide bonds. The number of phosphoric ester groups is 1. The molecule has 6 heterocycles. The number of aliphatic hydroxyl groups is 4. The Morgan fingerprint density at radius 2 is 1.82 bits per heavy atom. The van der Waals surface area contributed by atoms with Crippen molar-refractivity contribution in [3.05, 3.63) is 34.8 Å². The minimum absolute atomic E-state index is 0.0205. The zero-order valence-corrected chi connectivity index (χ0v) is 24.3. The smallest absolute Gasteiger partial charge is 0.394 e. The number of fused-ring (bicyclic) bond motifs is 2. The van der Waals surface area contributed by atoms with Crippen molar-refractivity contribution in [2.75, 3.05) is 24.7 Å². The van der Waals surface area contributed by atoms with Crippen molar-refractivity contribution in [2.24, 2.45) is 0 Å². The number of aliphatic hydroxyl groups excluding tert-OH is 4. The Morgan fingerprint density at radius 3 is 2.53 bits per heavy atom. The first kappa shape index (κ1) is 32.8. The third-order valence-corrected chi connectivity index (χ3v) is 7.89. The van der Waals surface area contributed by atoms with Gasteiger partial charge in [-0.2, -0.15) is 14.6 Å². The second kappa shape index (κ2) is 13.0. The second-order valence-electron chi connectivity index (χ2n) is 9.57. The first-order valence-electron chi connectivity index (χ1n) is 12.7. The zero-order valence-electron chi connectivity index (χ0n) is 22.5. The van der Waals surface area contributed by atoms with Crippen LogP contribution < -0.4 is 17.0 Å². The topological polar surface area (TPSA) is 351 Å². The number of nitrogen functional groups attached to an aromatic ring is 2. The van der Waals surface area contributed by atoms with Gasteiger partial charge in [0.05, 0.1) is 25.7 Å². The molecule has 1 unspecified atom stereocenters. The van der Waals surface area contributed by atoms with Crippen LogP contribution in [0.5, 0.6) is 0 Å². The van der Waals surface area contributed by atoms with Gasteiger partial charge < -0.3 is 51.2 Å².